The lowest BCUT2D eigenvalue weighted by atomic mass is 9.72. The van der Waals surface area contributed by atoms with E-state index >= 15 is 0 Å². The third-order valence-electron chi connectivity index (χ3n) is 4.33. The zero-order chi connectivity index (χ0) is 19.2. The fourth-order valence-corrected chi connectivity index (χ4v) is 2.85. The number of ketones is 1. The van der Waals surface area contributed by atoms with Crippen LogP contribution < -0.4 is 9.47 Å². The fraction of sp³-hybridized carbons (Fsp3) is 0.500. The fourth-order valence-electron chi connectivity index (χ4n) is 2.85. The van der Waals surface area contributed by atoms with Gasteiger partial charge in [0.05, 0.1) is 11.0 Å². The molecule has 2 N–H and O–H groups in total. The zero-order valence-corrected chi connectivity index (χ0v) is 14.5. The predicted octanol–water partition coefficient (Wildman–Crippen LogP) is 2.35. The van der Waals surface area contributed by atoms with E-state index in [9.17, 15) is 14.4 Å². The van der Waals surface area contributed by atoms with Crippen LogP contribution in [0, 0.1) is 5.41 Å². The van der Waals surface area contributed by atoms with Crippen LogP contribution in [-0.2, 0) is 14.3 Å². The number of benzene rings is 1. The quantitative estimate of drug-likeness (QED) is 0.478. The van der Waals surface area contributed by atoms with Crippen molar-refractivity contribution in [3.05, 3.63) is 23.8 Å². The lowest BCUT2D eigenvalue weighted by Gasteiger charge is -2.36. The van der Waals surface area contributed by atoms with Crippen LogP contribution in [0.15, 0.2) is 18.2 Å². The first kappa shape index (κ1) is 19.7. The van der Waals surface area contributed by atoms with Crippen LogP contribution in [0.3, 0.4) is 0 Å². The molecular weight excluding hydrogens is 344 g/mol. The molecule has 0 radical (unpaired) electrons. The molecule has 26 heavy (non-hydrogen) atoms. The highest BCUT2D eigenvalue weighted by atomic mass is 16.7. The maximum Gasteiger partial charge on any atom is 0.303 e. The van der Waals surface area contributed by atoms with Gasteiger partial charge in [0.2, 0.25) is 0 Å². The minimum atomic E-state index is -1.16. The van der Waals surface area contributed by atoms with Gasteiger partial charge in [-0.15, -0.1) is 0 Å². The third-order valence-corrected chi connectivity index (χ3v) is 4.33. The van der Waals surface area contributed by atoms with E-state index in [1.54, 1.807) is 18.2 Å². The Bertz CT molecular complexity index is 664. The van der Waals surface area contributed by atoms with E-state index in [0.29, 0.717) is 23.7 Å². The van der Waals surface area contributed by atoms with Gasteiger partial charge in [0.15, 0.2) is 12.6 Å². The number of aliphatic carboxylic acids is 2. The van der Waals surface area contributed by atoms with Gasteiger partial charge in [0.1, 0.15) is 18.1 Å². The van der Waals surface area contributed by atoms with E-state index in [-0.39, 0.29) is 44.9 Å². The first-order valence-electron chi connectivity index (χ1n) is 8.34. The second-order valence-corrected chi connectivity index (χ2v) is 6.10. The van der Waals surface area contributed by atoms with E-state index < -0.39 is 17.4 Å². The lowest BCUT2D eigenvalue weighted by Crippen LogP contribution is -2.42. The van der Waals surface area contributed by atoms with Gasteiger partial charge in [-0.2, -0.15) is 0 Å². The standard InChI is InChI=1S/C18H22O8/c1-2-24-11-26-12-3-4-13-14(9-12)25-10-18(17(13)23,7-5-15(19)20)8-6-16(21)22/h3-4,9H,2,5-8,10-11H2,1H3,(H,19,20)(H,21,22). The minimum Gasteiger partial charge on any atom is -0.492 e. The van der Waals surface area contributed by atoms with Gasteiger partial charge in [-0.3, -0.25) is 14.4 Å². The highest BCUT2D eigenvalue weighted by Gasteiger charge is 2.44. The number of carbonyl (C=O) groups excluding carboxylic acids is 1. The summed E-state index contributed by atoms with van der Waals surface area (Å²) in [5, 5.41) is 17.9. The van der Waals surface area contributed by atoms with Crippen LogP contribution in [0.5, 0.6) is 11.5 Å². The molecule has 0 amide bonds. The lowest BCUT2D eigenvalue weighted by molar-refractivity contribution is -0.137. The van der Waals surface area contributed by atoms with E-state index in [4.69, 9.17) is 24.4 Å². The van der Waals surface area contributed by atoms with E-state index in [2.05, 4.69) is 0 Å². The molecule has 0 saturated carbocycles. The smallest absolute Gasteiger partial charge is 0.303 e. The molecule has 1 aromatic rings. The van der Waals surface area contributed by atoms with Gasteiger partial charge in [-0.25, -0.2) is 0 Å². The summed E-state index contributed by atoms with van der Waals surface area (Å²) in [4.78, 5) is 34.9. The van der Waals surface area contributed by atoms with Crippen molar-refractivity contribution in [3.63, 3.8) is 0 Å². The van der Waals surface area contributed by atoms with Crippen molar-refractivity contribution in [1.82, 2.24) is 0 Å². The van der Waals surface area contributed by atoms with Crippen LogP contribution in [0.25, 0.3) is 0 Å². The summed E-state index contributed by atoms with van der Waals surface area (Å²) in [6, 6.07) is 4.72. The number of ether oxygens (including phenoxy) is 3. The molecule has 2 rings (SSSR count). The Morgan fingerprint density at radius 1 is 1.19 bits per heavy atom. The number of hydrogen-bond acceptors (Lipinski definition) is 6. The molecule has 0 spiro atoms. The van der Waals surface area contributed by atoms with Crippen molar-refractivity contribution in [2.24, 2.45) is 5.41 Å². The summed E-state index contributed by atoms with van der Waals surface area (Å²) >= 11 is 0. The number of rotatable bonds is 10. The van der Waals surface area contributed by atoms with Crippen LogP contribution in [0.1, 0.15) is 43.0 Å². The number of Topliss-reactive ketones (excluding diaryl/α,β-unsaturated/α-hetero) is 1. The average molecular weight is 366 g/mol. The maximum atomic E-state index is 13.0. The molecule has 0 unspecified atom stereocenters. The minimum absolute atomic E-state index is 0.0243. The molecule has 1 aliphatic rings. The molecule has 1 aromatic carbocycles. The number of carbonyl (C=O) groups is 3. The summed E-state index contributed by atoms with van der Waals surface area (Å²) in [6.07, 6.45) is -0.424. The molecule has 8 nitrogen and oxygen atoms in total. The van der Waals surface area contributed by atoms with Gasteiger partial charge >= 0.3 is 11.9 Å². The summed E-state index contributed by atoms with van der Waals surface area (Å²) in [7, 11) is 0. The molecule has 0 aliphatic carbocycles. The monoisotopic (exact) mass is 366 g/mol. The molecule has 1 heterocycles. The SMILES string of the molecule is CCOCOc1ccc2c(c1)OCC(CCC(=O)O)(CCC(=O)O)C2=O. The van der Waals surface area contributed by atoms with E-state index in [1.165, 1.54) is 0 Å². The van der Waals surface area contributed by atoms with Crippen LogP contribution in [0.4, 0.5) is 0 Å². The Labute approximate surface area is 150 Å². The molecule has 142 valence electrons. The first-order chi connectivity index (χ1) is 12.4. The van der Waals surface area contributed by atoms with Gasteiger partial charge in [0, 0.05) is 25.5 Å². The Hall–Kier alpha value is -2.61. The molecule has 0 bridgehead atoms. The Kier molecular flexibility index (Phi) is 6.57. The zero-order valence-electron chi connectivity index (χ0n) is 14.5. The average Bonchev–Trinajstić information content (AvgIpc) is 2.60. The highest BCUT2D eigenvalue weighted by Crippen LogP contribution is 2.42. The van der Waals surface area contributed by atoms with Gasteiger partial charge in [-0.1, -0.05) is 0 Å². The summed E-state index contributed by atoms with van der Waals surface area (Å²) in [5.41, 5.74) is -0.854. The van der Waals surface area contributed by atoms with Crippen molar-refractivity contribution < 1.29 is 38.8 Å². The molecule has 0 atom stereocenters. The van der Waals surface area contributed by atoms with E-state index in [0.717, 1.165) is 0 Å². The largest absolute Gasteiger partial charge is 0.492 e. The molecule has 1 aliphatic heterocycles. The van der Waals surface area contributed by atoms with Crippen molar-refractivity contribution in [2.45, 2.75) is 32.6 Å². The Morgan fingerprint density at radius 3 is 2.42 bits per heavy atom. The van der Waals surface area contributed by atoms with Crippen LogP contribution >= 0.6 is 0 Å². The van der Waals surface area contributed by atoms with Crippen LogP contribution in [-0.4, -0.2) is 47.9 Å². The third kappa shape index (κ3) is 4.72. The highest BCUT2D eigenvalue weighted by molar-refractivity contribution is 6.04. The van der Waals surface area contributed by atoms with Gasteiger partial charge < -0.3 is 24.4 Å². The molecule has 0 aromatic heterocycles. The Morgan fingerprint density at radius 2 is 1.85 bits per heavy atom. The topological polar surface area (TPSA) is 119 Å². The molecule has 8 heteroatoms. The summed E-state index contributed by atoms with van der Waals surface area (Å²) in [6.45, 7) is 2.36. The van der Waals surface area contributed by atoms with Crippen molar-refractivity contribution in [3.8, 4) is 11.5 Å². The molecule has 0 saturated heterocycles. The van der Waals surface area contributed by atoms with Gasteiger partial charge in [0.25, 0.3) is 0 Å². The number of fused-ring (bicyclic) bond motifs is 1. The predicted molar refractivity (Wildman–Crippen MR) is 89.6 cm³/mol. The number of hydrogen-bond donors (Lipinski definition) is 2. The normalized spacial score (nSPS) is 15.0. The summed E-state index contributed by atoms with van der Waals surface area (Å²) in [5.74, 6) is -1.56. The second-order valence-electron chi connectivity index (χ2n) is 6.10. The van der Waals surface area contributed by atoms with Crippen molar-refractivity contribution in [2.75, 3.05) is 20.0 Å². The van der Waals surface area contributed by atoms with E-state index in [1.807, 2.05) is 6.92 Å². The van der Waals surface area contributed by atoms with Crippen molar-refractivity contribution >= 4 is 17.7 Å². The number of carboxylic acids is 2. The second kappa shape index (κ2) is 8.66. The summed E-state index contributed by atoms with van der Waals surface area (Å²) < 4.78 is 16.2. The molecular formula is C18H22O8. The van der Waals surface area contributed by atoms with Crippen molar-refractivity contribution in [1.29, 1.82) is 0 Å². The van der Waals surface area contributed by atoms with Crippen LogP contribution in [0.2, 0.25) is 0 Å². The molecule has 0 fully saturated rings. The first-order valence-corrected chi connectivity index (χ1v) is 8.34. The maximum absolute atomic E-state index is 13.0. The van der Waals surface area contributed by atoms with Gasteiger partial charge in [-0.05, 0) is 31.9 Å². The Balaban J connectivity index is 2.22. The number of carboxylic acid groups (broad SMARTS) is 2.